The van der Waals surface area contributed by atoms with Gasteiger partial charge >= 0.3 is 0 Å². The van der Waals surface area contributed by atoms with Crippen molar-refractivity contribution in [1.82, 2.24) is 9.97 Å². The van der Waals surface area contributed by atoms with Crippen LogP contribution in [0.25, 0.3) is 0 Å². The number of hydrogen-bond acceptors (Lipinski definition) is 7. The molecule has 0 aliphatic rings. The predicted octanol–water partition coefficient (Wildman–Crippen LogP) is 3.30. The van der Waals surface area contributed by atoms with Gasteiger partial charge < -0.3 is 25.8 Å². The number of rotatable bonds is 8. The van der Waals surface area contributed by atoms with E-state index in [2.05, 4.69) is 20.6 Å². The Morgan fingerprint density at radius 3 is 1.52 bits per heavy atom. The molecule has 1 heterocycles. The Morgan fingerprint density at radius 2 is 1.15 bits per heavy atom. The first-order chi connectivity index (χ1) is 13.2. The van der Waals surface area contributed by atoms with Crippen LogP contribution in [-0.2, 0) is 13.1 Å². The molecule has 7 heteroatoms. The van der Waals surface area contributed by atoms with Crippen LogP contribution in [0.2, 0.25) is 0 Å². The van der Waals surface area contributed by atoms with Gasteiger partial charge in [0.25, 0.3) is 0 Å². The van der Waals surface area contributed by atoms with Crippen molar-refractivity contribution in [2.24, 2.45) is 0 Å². The fourth-order valence-electron chi connectivity index (χ4n) is 2.54. The molecule has 27 heavy (non-hydrogen) atoms. The molecule has 3 aromatic rings. The highest BCUT2D eigenvalue weighted by Crippen LogP contribution is 2.24. The minimum Gasteiger partial charge on any atom is -0.497 e. The fraction of sp³-hybridized carbons (Fsp3) is 0.200. The molecule has 0 radical (unpaired) electrons. The molecule has 0 bridgehead atoms. The molecule has 3 rings (SSSR count). The van der Waals surface area contributed by atoms with Gasteiger partial charge in [0.05, 0.1) is 14.2 Å². The Bertz CT molecular complexity index is 797. The summed E-state index contributed by atoms with van der Waals surface area (Å²) >= 11 is 0. The van der Waals surface area contributed by atoms with Crippen LogP contribution >= 0.6 is 0 Å². The first-order valence-electron chi connectivity index (χ1n) is 8.53. The molecule has 7 nitrogen and oxygen atoms in total. The Balaban J connectivity index is 1.62. The number of aromatic nitrogens is 2. The maximum Gasteiger partial charge on any atom is 0.155 e. The van der Waals surface area contributed by atoms with Gasteiger partial charge in [-0.05, 0) is 35.4 Å². The summed E-state index contributed by atoms with van der Waals surface area (Å²) in [5, 5.41) is 6.49. The summed E-state index contributed by atoms with van der Waals surface area (Å²) in [5.74, 6) is 2.84. The quantitative estimate of drug-likeness (QED) is 0.564. The van der Waals surface area contributed by atoms with Gasteiger partial charge in [0, 0.05) is 13.1 Å². The Hall–Kier alpha value is -3.48. The summed E-state index contributed by atoms with van der Waals surface area (Å²) < 4.78 is 10.3. The second-order valence-electron chi connectivity index (χ2n) is 5.89. The molecular formula is C20H23N5O2. The zero-order valence-electron chi connectivity index (χ0n) is 15.4. The zero-order chi connectivity index (χ0) is 19.1. The summed E-state index contributed by atoms with van der Waals surface area (Å²) in [7, 11) is 3.30. The SMILES string of the molecule is COc1ccc(CNc2ncnc(NCc3ccc(OC)cc3)c2N)cc1. The Morgan fingerprint density at radius 1 is 0.741 bits per heavy atom. The van der Waals surface area contributed by atoms with Gasteiger partial charge in [0.15, 0.2) is 11.6 Å². The number of hydrogen-bond donors (Lipinski definition) is 3. The number of nitrogens with two attached hydrogens (primary N) is 1. The third-order valence-electron chi connectivity index (χ3n) is 4.12. The Kier molecular flexibility index (Phi) is 5.94. The van der Waals surface area contributed by atoms with Gasteiger partial charge in [-0.25, -0.2) is 9.97 Å². The standard InChI is InChI=1S/C20H23N5O2/c1-26-16-7-3-14(4-8-16)11-22-19-18(21)20(25-13-24-19)23-12-15-5-9-17(27-2)10-6-15/h3-10,13H,11-12,21H2,1-2H3,(H2,22,23,24,25). The average Bonchev–Trinajstić information content (AvgIpc) is 2.73. The summed E-state index contributed by atoms with van der Waals surface area (Å²) in [6.45, 7) is 1.20. The van der Waals surface area contributed by atoms with Gasteiger partial charge in [0.2, 0.25) is 0 Å². The third-order valence-corrected chi connectivity index (χ3v) is 4.12. The van der Waals surface area contributed by atoms with Crippen molar-refractivity contribution in [1.29, 1.82) is 0 Å². The van der Waals surface area contributed by atoms with Crippen LogP contribution in [0.5, 0.6) is 11.5 Å². The lowest BCUT2D eigenvalue weighted by Crippen LogP contribution is -2.10. The Labute approximate surface area is 158 Å². The van der Waals surface area contributed by atoms with Gasteiger partial charge in [-0.3, -0.25) is 0 Å². The van der Waals surface area contributed by atoms with Crippen LogP contribution < -0.4 is 25.8 Å². The molecule has 0 unspecified atom stereocenters. The molecule has 0 saturated carbocycles. The average molecular weight is 365 g/mol. The topological polar surface area (TPSA) is 94.3 Å². The molecular weight excluding hydrogens is 342 g/mol. The first-order valence-corrected chi connectivity index (χ1v) is 8.53. The van der Waals surface area contributed by atoms with E-state index in [4.69, 9.17) is 15.2 Å². The highest BCUT2D eigenvalue weighted by molar-refractivity contribution is 5.74. The van der Waals surface area contributed by atoms with Crippen molar-refractivity contribution in [2.75, 3.05) is 30.6 Å². The van der Waals surface area contributed by atoms with Gasteiger partial charge in [-0.15, -0.1) is 0 Å². The van der Waals surface area contributed by atoms with Crippen molar-refractivity contribution in [3.05, 3.63) is 66.0 Å². The normalized spacial score (nSPS) is 10.3. The number of nitrogens with zero attached hydrogens (tertiary/aromatic N) is 2. The third kappa shape index (κ3) is 4.78. The number of nitrogens with one attached hydrogen (secondary N) is 2. The first kappa shape index (κ1) is 18.3. The van der Waals surface area contributed by atoms with Crippen molar-refractivity contribution >= 4 is 17.3 Å². The summed E-state index contributed by atoms with van der Waals surface area (Å²) in [6, 6.07) is 15.6. The van der Waals surface area contributed by atoms with E-state index in [-0.39, 0.29) is 0 Å². The molecule has 2 aromatic carbocycles. The highest BCUT2D eigenvalue weighted by Gasteiger charge is 2.08. The van der Waals surface area contributed by atoms with Crippen molar-refractivity contribution < 1.29 is 9.47 Å². The van der Waals surface area contributed by atoms with Crippen molar-refractivity contribution in [3.63, 3.8) is 0 Å². The van der Waals surface area contributed by atoms with E-state index in [1.165, 1.54) is 6.33 Å². The van der Waals surface area contributed by atoms with E-state index in [9.17, 15) is 0 Å². The smallest absolute Gasteiger partial charge is 0.155 e. The second kappa shape index (κ2) is 8.75. The summed E-state index contributed by atoms with van der Waals surface area (Å²) in [6.07, 6.45) is 1.49. The van der Waals surface area contributed by atoms with Crippen LogP contribution in [0.4, 0.5) is 17.3 Å². The van der Waals surface area contributed by atoms with E-state index in [0.717, 1.165) is 22.6 Å². The van der Waals surface area contributed by atoms with Crippen LogP contribution in [0, 0.1) is 0 Å². The molecule has 0 aliphatic heterocycles. The molecule has 140 valence electrons. The van der Waals surface area contributed by atoms with Crippen molar-refractivity contribution in [2.45, 2.75) is 13.1 Å². The molecule has 0 amide bonds. The largest absolute Gasteiger partial charge is 0.497 e. The van der Waals surface area contributed by atoms with E-state index in [1.807, 2.05) is 48.5 Å². The van der Waals surface area contributed by atoms with E-state index < -0.39 is 0 Å². The number of nitrogen functional groups attached to an aromatic ring is 1. The van der Waals surface area contributed by atoms with Crippen LogP contribution in [0.1, 0.15) is 11.1 Å². The van der Waals surface area contributed by atoms with Crippen molar-refractivity contribution in [3.8, 4) is 11.5 Å². The maximum atomic E-state index is 6.21. The second-order valence-corrected chi connectivity index (χ2v) is 5.89. The predicted molar refractivity (Wildman–Crippen MR) is 107 cm³/mol. The number of methoxy groups -OCH3 is 2. The summed E-state index contributed by atoms with van der Waals surface area (Å²) in [4.78, 5) is 8.47. The van der Waals surface area contributed by atoms with Crippen LogP contribution in [0.15, 0.2) is 54.9 Å². The monoisotopic (exact) mass is 365 g/mol. The lowest BCUT2D eigenvalue weighted by molar-refractivity contribution is 0.414. The minimum absolute atomic E-state index is 0.486. The fourth-order valence-corrected chi connectivity index (χ4v) is 2.54. The van der Waals surface area contributed by atoms with E-state index in [1.54, 1.807) is 14.2 Å². The highest BCUT2D eigenvalue weighted by atomic mass is 16.5. The maximum absolute atomic E-state index is 6.21. The number of anilines is 3. The molecule has 0 saturated heterocycles. The lowest BCUT2D eigenvalue weighted by Gasteiger charge is -2.13. The van der Waals surface area contributed by atoms with Crippen LogP contribution in [-0.4, -0.2) is 24.2 Å². The van der Waals surface area contributed by atoms with Gasteiger partial charge in [-0.2, -0.15) is 0 Å². The number of ether oxygens (including phenoxy) is 2. The molecule has 0 fully saturated rings. The van der Waals surface area contributed by atoms with Gasteiger partial charge in [0.1, 0.15) is 23.5 Å². The van der Waals surface area contributed by atoms with E-state index in [0.29, 0.717) is 30.4 Å². The van der Waals surface area contributed by atoms with Gasteiger partial charge in [-0.1, -0.05) is 24.3 Å². The van der Waals surface area contributed by atoms with Crippen LogP contribution in [0.3, 0.4) is 0 Å². The summed E-state index contributed by atoms with van der Waals surface area (Å²) in [5.41, 5.74) is 8.90. The number of benzene rings is 2. The van der Waals surface area contributed by atoms with E-state index >= 15 is 0 Å². The molecule has 4 N–H and O–H groups in total. The minimum atomic E-state index is 0.486. The molecule has 0 spiro atoms. The molecule has 0 aliphatic carbocycles. The zero-order valence-corrected chi connectivity index (χ0v) is 15.4. The molecule has 0 atom stereocenters. The lowest BCUT2D eigenvalue weighted by atomic mass is 10.2. The molecule has 1 aromatic heterocycles.